The molecule has 2 aliphatic heterocycles. The van der Waals surface area contributed by atoms with E-state index in [4.69, 9.17) is 5.73 Å². The molecule has 0 radical (unpaired) electrons. The number of nitrogens with two attached hydrogens (primary N) is 1. The van der Waals surface area contributed by atoms with Crippen molar-refractivity contribution in [2.45, 2.75) is 31.3 Å². The highest BCUT2D eigenvalue weighted by Crippen LogP contribution is 2.44. The van der Waals surface area contributed by atoms with Crippen LogP contribution in [0.15, 0.2) is 24.3 Å². The van der Waals surface area contributed by atoms with Gasteiger partial charge in [-0.05, 0) is 43.5 Å². The van der Waals surface area contributed by atoms with Crippen LogP contribution in [0.1, 0.15) is 29.6 Å². The number of amides is 1. The third-order valence-electron chi connectivity index (χ3n) is 4.30. The fourth-order valence-corrected chi connectivity index (χ4v) is 3.45. The van der Waals surface area contributed by atoms with Crippen molar-refractivity contribution in [3.8, 4) is 0 Å². The Bertz CT molecular complexity index is 526. The lowest BCUT2D eigenvalue weighted by molar-refractivity contribution is -0.142. The van der Waals surface area contributed by atoms with Crippen LogP contribution >= 0.6 is 0 Å². The van der Waals surface area contributed by atoms with Gasteiger partial charge in [0.2, 0.25) is 5.91 Å². The van der Waals surface area contributed by atoms with Gasteiger partial charge in [0, 0.05) is 23.3 Å². The van der Waals surface area contributed by atoms with Crippen molar-refractivity contribution in [2.24, 2.45) is 11.7 Å². The number of primary amides is 1. The second-order valence-electron chi connectivity index (χ2n) is 5.30. The van der Waals surface area contributed by atoms with Gasteiger partial charge >= 0.3 is 5.97 Å². The summed E-state index contributed by atoms with van der Waals surface area (Å²) in [6.07, 6.45) is 2.70. The monoisotopic (exact) mass is 260 g/mol. The van der Waals surface area contributed by atoms with E-state index in [1.807, 2.05) is 12.1 Å². The number of anilines is 1. The largest absolute Gasteiger partial charge is 0.481 e. The molecular weight excluding hydrogens is 244 g/mol. The fraction of sp³-hybridized carbons (Fsp3) is 0.429. The topological polar surface area (TPSA) is 83.6 Å². The third-order valence-corrected chi connectivity index (χ3v) is 4.30. The number of carbonyl (C=O) groups is 2. The molecule has 3 unspecified atom stereocenters. The van der Waals surface area contributed by atoms with E-state index >= 15 is 0 Å². The summed E-state index contributed by atoms with van der Waals surface area (Å²) in [5, 5.41) is 9.23. The van der Waals surface area contributed by atoms with Gasteiger partial charge in [-0.3, -0.25) is 9.59 Å². The number of rotatable bonds is 3. The molecule has 2 saturated heterocycles. The lowest BCUT2D eigenvalue weighted by atomic mass is 9.89. The number of hydrogen-bond donors (Lipinski definition) is 2. The van der Waals surface area contributed by atoms with Crippen LogP contribution < -0.4 is 10.6 Å². The van der Waals surface area contributed by atoms with Gasteiger partial charge in [0.25, 0.3) is 0 Å². The summed E-state index contributed by atoms with van der Waals surface area (Å²) >= 11 is 0. The SMILES string of the molecule is NC(=O)c1ccc(N2C3CCC2C(C(=O)O)C3)cc1. The molecule has 2 aliphatic rings. The number of hydrogen-bond acceptors (Lipinski definition) is 3. The zero-order valence-electron chi connectivity index (χ0n) is 10.5. The van der Waals surface area contributed by atoms with Crippen molar-refractivity contribution in [2.75, 3.05) is 4.90 Å². The molecule has 5 heteroatoms. The van der Waals surface area contributed by atoms with Gasteiger partial charge in [-0.2, -0.15) is 0 Å². The molecule has 0 spiro atoms. The number of fused-ring (bicyclic) bond motifs is 2. The molecular formula is C14H16N2O3. The summed E-state index contributed by atoms with van der Waals surface area (Å²) in [7, 11) is 0. The molecule has 0 saturated carbocycles. The van der Waals surface area contributed by atoms with E-state index in [0.29, 0.717) is 11.6 Å². The number of benzene rings is 1. The summed E-state index contributed by atoms with van der Waals surface area (Å²) in [5.41, 5.74) is 6.68. The first-order valence-electron chi connectivity index (χ1n) is 6.49. The Morgan fingerprint density at radius 3 is 2.42 bits per heavy atom. The van der Waals surface area contributed by atoms with Crippen LogP contribution in [0.3, 0.4) is 0 Å². The number of carbonyl (C=O) groups excluding carboxylic acids is 1. The van der Waals surface area contributed by atoms with Crippen molar-refractivity contribution in [3.05, 3.63) is 29.8 Å². The molecule has 0 aromatic heterocycles. The summed E-state index contributed by atoms with van der Waals surface area (Å²) < 4.78 is 0. The first-order valence-corrected chi connectivity index (χ1v) is 6.49. The smallest absolute Gasteiger partial charge is 0.308 e. The predicted octanol–water partition coefficient (Wildman–Crippen LogP) is 1.23. The molecule has 2 heterocycles. The second kappa shape index (κ2) is 4.26. The van der Waals surface area contributed by atoms with Gasteiger partial charge in [0.05, 0.1) is 5.92 Å². The quantitative estimate of drug-likeness (QED) is 0.856. The molecule has 2 bridgehead atoms. The highest BCUT2D eigenvalue weighted by Gasteiger charge is 2.49. The molecule has 100 valence electrons. The zero-order chi connectivity index (χ0) is 13.6. The van der Waals surface area contributed by atoms with Crippen LogP contribution in [-0.4, -0.2) is 29.1 Å². The van der Waals surface area contributed by atoms with Crippen LogP contribution in [0, 0.1) is 5.92 Å². The van der Waals surface area contributed by atoms with Crippen molar-refractivity contribution in [1.82, 2.24) is 0 Å². The standard InChI is InChI=1S/C14H16N2O3/c15-13(17)8-1-3-9(4-2-8)16-10-5-6-12(16)11(7-10)14(18)19/h1-4,10-12H,5-7H2,(H2,15,17)(H,18,19). The third kappa shape index (κ3) is 1.85. The van der Waals surface area contributed by atoms with Crippen molar-refractivity contribution < 1.29 is 14.7 Å². The van der Waals surface area contributed by atoms with Gasteiger partial charge in [-0.1, -0.05) is 0 Å². The Balaban J connectivity index is 1.87. The Labute approximate surface area is 111 Å². The number of aliphatic carboxylic acids is 1. The molecule has 3 atom stereocenters. The van der Waals surface area contributed by atoms with Crippen LogP contribution in [0.5, 0.6) is 0 Å². The Morgan fingerprint density at radius 2 is 1.89 bits per heavy atom. The van der Waals surface area contributed by atoms with E-state index in [-0.39, 0.29) is 12.0 Å². The Kier molecular flexibility index (Phi) is 2.69. The van der Waals surface area contributed by atoms with Crippen molar-refractivity contribution >= 4 is 17.6 Å². The molecule has 5 nitrogen and oxygen atoms in total. The predicted molar refractivity (Wildman–Crippen MR) is 70.0 cm³/mol. The van der Waals surface area contributed by atoms with Crippen LogP contribution in [0.4, 0.5) is 5.69 Å². The number of nitrogens with zero attached hydrogens (tertiary/aromatic N) is 1. The first-order chi connectivity index (χ1) is 9.08. The van der Waals surface area contributed by atoms with E-state index in [9.17, 15) is 14.7 Å². The van der Waals surface area contributed by atoms with E-state index < -0.39 is 11.9 Å². The minimum absolute atomic E-state index is 0.0851. The highest BCUT2D eigenvalue weighted by molar-refractivity contribution is 5.93. The van der Waals surface area contributed by atoms with Crippen LogP contribution in [0.2, 0.25) is 0 Å². The molecule has 3 N–H and O–H groups in total. The van der Waals surface area contributed by atoms with E-state index in [0.717, 1.165) is 24.9 Å². The summed E-state index contributed by atoms with van der Waals surface area (Å²) in [6.45, 7) is 0. The maximum absolute atomic E-state index is 11.2. The molecule has 19 heavy (non-hydrogen) atoms. The maximum Gasteiger partial charge on any atom is 0.308 e. The van der Waals surface area contributed by atoms with Crippen LogP contribution in [-0.2, 0) is 4.79 Å². The molecule has 1 aromatic rings. The van der Waals surface area contributed by atoms with E-state index in [1.165, 1.54) is 0 Å². The van der Waals surface area contributed by atoms with Crippen LogP contribution in [0.25, 0.3) is 0 Å². The molecule has 3 rings (SSSR count). The van der Waals surface area contributed by atoms with Gasteiger partial charge < -0.3 is 15.7 Å². The van der Waals surface area contributed by atoms with E-state index in [1.54, 1.807) is 12.1 Å². The van der Waals surface area contributed by atoms with Crippen molar-refractivity contribution in [1.29, 1.82) is 0 Å². The number of carboxylic acid groups (broad SMARTS) is 1. The summed E-state index contributed by atoms with van der Waals surface area (Å²) in [6, 6.07) is 7.51. The Hall–Kier alpha value is -2.04. The molecule has 0 aliphatic carbocycles. The average Bonchev–Trinajstić information content (AvgIpc) is 2.96. The summed E-state index contributed by atoms with van der Waals surface area (Å²) in [4.78, 5) is 24.5. The van der Waals surface area contributed by atoms with Gasteiger partial charge in [0.15, 0.2) is 0 Å². The van der Waals surface area contributed by atoms with Gasteiger partial charge in [-0.25, -0.2) is 0 Å². The van der Waals surface area contributed by atoms with Gasteiger partial charge in [-0.15, -0.1) is 0 Å². The fourth-order valence-electron chi connectivity index (χ4n) is 3.45. The lowest BCUT2D eigenvalue weighted by Gasteiger charge is -2.25. The van der Waals surface area contributed by atoms with Crippen molar-refractivity contribution in [3.63, 3.8) is 0 Å². The normalized spacial score (nSPS) is 28.6. The lowest BCUT2D eigenvalue weighted by Crippen LogP contribution is -2.32. The highest BCUT2D eigenvalue weighted by atomic mass is 16.4. The minimum Gasteiger partial charge on any atom is -0.481 e. The Morgan fingerprint density at radius 1 is 1.21 bits per heavy atom. The molecule has 1 aromatic carbocycles. The van der Waals surface area contributed by atoms with Gasteiger partial charge in [0.1, 0.15) is 0 Å². The average molecular weight is 260 g/mol. The number of carboxylic acids is 1. The minimum atomic E-state index is -0.703. The zero-order valence-corrected chi connectivity index (χ0v) is 10.5. The summed E-state index contributed by atoms with van der Waals surface area (Å²) in [5.74, 6) is -1.42. The maximum atomic E-state index is 11.2. The van der Waals surface area contributed by atoms with E-state index in [2.05, 4.69) is 4.90 Å². The second-order valence-corrected chi connectivity index (χ2v) is 5.30. The molecule has 2 fully saturated rings. The first kappa shape index (κ1) is 12.0. The molecule has 1 amide bonds.